The minimum Gasteiger partial charge on any atom is -0.501 e. The fourth-order valence-electron chi connectivity index (χ4n) is 1.53. The first kappa shape index (κ1) is 14.7. The average Bonchev–Trinajstić information content (AvgIpc) is 2.65. The third kappa shape index (κ3) is 2.59. The fraction of sp³-hybridized carbons (Fsp3) is 0.417. The first-order valence-electron chi connectivity index (χ1n) is 5.45. The van der Waals surface area contributed by atoms with Crippen LogP contribution in [0, 0.1) is 13.8 Å². The molecule has 0 radical (unpaired) electrons. The van der Waals surface area contributed by atoms with Crippen LogP contribution in [-0.2, 0) is 26.1 Å². The minimum absolute atomic E-state index is 0.143. The second-order valence-electron chi connectivity index (χ2n) is 3.87. The number of hydrogen-bond acceptors (Lipinski definition) is 6. The van der Waals surface area contributed by atoms with E-state index in [4.69, 9.17) is 0 Å². The molecule has 0 aliphatic rings. The molecule has 1 heterocycles. The van der Waals surface area contributed by atoms with Crippen LogP contribution in [0.4, 0.5) is 0 Å². The number of imidazole rings is 1. The highest BCUT2D eigenvalue weighted by Crippen LogP contribution is 2.21. The number of aliphatic hydroxyl groups is 1. The Kier molecular flexibility index (Phi) is 4.31. The van der Waals surface area contributed by atoms with Crippen molar-refractivity contribution in [3.05, 3.63) is 23.0 Å². The van der Waals surface area contributed by atoms with Crippen molar-refractivity contribution in [3.8, 4) is 0 Å². The van der Waals surface area contributed by atoms with Crippen molar-refractivity contribution in [1.29, 1.82) is 0 Å². The first-order valence-corrected chi connectivity index (χ1v) is 5.45. The topological polar surface area (TPSA) is 90.7 Å². The molecule has 7 nitrogen and oxygen atoms in total. The second kappa shape index (κ2) is 5.55. The van der Waals surface area contributed by atoms with E-state index in [2.05, 4.69) is 14.5 Å². The minimum atomic E-state index is -1.03. The van der Waals surface area contributed by atoms with Gasteiger partial charge in [-0.3, -0.25) is 0 Å². The Hall–Kier alpha value is -2.31. The maximum absolute atomic E-state index is 11.7. The normalized spacial score (nSPS) is 11.8. The van der Waals surface area contributed by atoms with Crippen LogP contribution < -0.4 is 0 Å². The average molecular weight is 268 g/mol. The number of nitrogens with zero attached hydrogens (tertiary/aromatic N) is 2. The number of esters is 2. The molecular formula is C12H16N2O5. The number of carbonyl (C=O) groups is 2. The molecule has 0 aromatic carbocycles. The van der Waals surface area contributed by atoms with Crippen LogP contribution in [0.5, 0.6) is 0 Å². The molecule has 0 aliphatic heterocycles. The Balaban J connectivity index is 3.54. The predicted octanol–water partition coefficient (Wildman–Crippen LogP) is 0.652. The molecule has 0 spiro atoms. The number of methoxy groups -OCH3 is 2. The van der Waals surface area contributed by atoms with E-state index in [1.165, 1.54) is 0 Å². The van der Waals surface area contributed by atoms with E-state index in [1.807, 2.05) is 0 Å². The van der Waals surface area contributed by atoms with E-state index >= 15 is 0 Å². The molecule has 0 aliphatic carbocycles. The van der Waals surface area contributed by atoms with Crippen molar-refractivity contribution >= 4 is 17.5 Å². The molecule has 0 saturated heterocycles. The molecule has 0 amide bonds. The van der Waals surface area contributed by atoms with Gasteiger partial charge in [0, 0.05) is 12.7 Å². The number of carbonyl (C=O) groups excluding carboxylic acids is 2. The standard InChI is InChI=1S/C12H16N2O5/c1-6-7(2)14(3)10(13-6)8(11(16)18-4)9(15)12(17)19-5/h15H,1-5H3/b9-8+. The summed E-state index contributed by atoms with van der Waals surface area (Å²) in [7, 11) is 3.91. The van der Waals surface area contributed by atoms with Gasteiger partial charge in [0.2, 0.25) is 5.76 Å². The van der Waals surface area contributed by atoms with E-state index < -0.39 is 17.7 Å². The zero-order chi connectivity index (χ0) is 14.7. The summed E-state index contributed by atoms with van der Waals surface area (Å²) in [4.78, 5) is 27.3. The Morgan fingerprint density at radius 1 is 1.16 bits per heavy atom. The highest BCUT2D eigenvalue weighted by molar-refractivity contribution is 6.20. The molecule has 0 fully saturated rings. The lowest BCUT2D eigenvalue weighted by Gasteiger charge is -2.08. The van der Waals surface area contributed by atoms with Gasteiger partial charge in [0.1, 0.15) is 0 Å². The van der Waals surface area contributed by atoms with Crippen molar-refractivity contribution in [2.24, 2.45) is 7.05 Å². The zero-order valence-electron chi connectivity index (χ0n) is 11.5. The lowest BCUT2D eigenvalue weighted by atomic mass is 10.2. The largest absolute Gasteiger partial charge is 0.501 e. The van der Waals surface area contributed by atoms with Crippen LogP contribution in [0.1, 0.15) is 17.2 Å². The van der Waals surface area contributed by atoms with Gasteiger partial charge in [0.25, 0.3) is 0 Å². The van der Waals surface area contributed by atoms with Crippen LogP contribution in [0.3, 0.4) is 0 Å². The van der Waals surface area contributed by atoms with Crippen LogP contribution in [-0.4, -0.2) is 40.8 Å². The Morgan fingerprint density at radius 2 is 1.68 bits per heavy atom. The quantitative estimate of drug-likeness (QED) is 0.492. The molecule has 7 heteroatoms. The van der Waals surface area contributed by atoms with Crippen molar-refractivity contribution in [1.82, 2.24) is 9.55 Å². The Labute approximate surface area is 110 Å². The highest BCUT2D eigenvalue weighted by Gasteiger charge is 2.28. The number of aryl methyl sites for hydroxylation is 1. The molecule has 1 aromatic rings. The zero-order valence-corrected chi connectivity index (χ0v) is 11.5. The summed E-state index contributed by atoms with van der Waals surface area (Å²) < 4.78 is 10.5. The Morgan fingerprint density at radius 3 is 2.05 bits per heavy atom. The number of ether oxygens (including phenoxy) is 2. The summed E-state index contributed by atoms with van der Waals surface area (Å²) in [5.74, 6) is -2.58. The van der Waals surface area contributed by atoms with Gasteiger partial charge in [0.05, 0.1) is 19.9 Å². The second-order valence-corrected chi connectivity index (χ2v) is 3.87. The van der Waals surface area contributed by atoms with Crippen LogP contribution in [0.2, 0.25) is 0 Å². The number of aliphatic hydroxyl groups excluding tert-OH is 1. The van der Waals surface area contributed by atoms with E-state index in [9.17, 15) is 14.7 Å². The molecule has 0 atom stereocenters. The molecule has 1 N–H and O–H groups in total. The molecule has 0 unspecified atom stereocenters. The van der Waals surface area contributed by atoms with Crippen LogP contribution in [0.25, 0.3) is 5.57 Å². The van der Waals surface area contributed by atoms with Gasteiger partial charge in [-0.1, -0.05) is 0 Å². The summed E-state index contributed by atoms with van der Waals surface area (Å²) in [5.41, 5.74) is 1.15. The highest BCUT2D eigenvalue weighted by atomic mass is 16.5. The third-order valence-electron chi connectivity index (χ3n) is 2.85. The van der Waals surface area contributed by atoms with Gasteiger partial charge >= 0.3 is 11.9 Å². The van der Waals surface area contributed by atoms with Crippen molar-refractivity contribution in [3.63, 3.8) is 0 Å². The van der Waals surface area contributed by atoms with Gasteiger partial charge in [-0.25, -0.2) is 14.6 Å². The van der Waals surface area contributed by atoms with Gasteiger partial charge in [-0.15, -0.1) is 0 Å². The summed E-state index contributed by atoms with van der Waals surface area (Å²) >= 11 is 0. The molecule has 1 aromatic heterocycles. The maximum atomic E-state index is 11.7. The lowest BCUT2D eigenvalue weighted by Crippen LogP contribution is -2.16. The van der Waals surface area contributed by atoms with Crippen molar-refractivity contribution < 1.29 is 24.2 Å². The Bertz CT molecular complexity index is 557. The van der Waals surface area contributed by atoms with Crippen LogP contribution >= 0.6 is 0 Å². The molecule has 0 bridgehead atoms. The summed E-state index contributed by atoms with van der Waals surface area (Å²) in [6, 6.07) is 0. The molecular weight excluding hydrogens is 252 g/mol. The summed E-state index contributed by atoms with van der Waals surface area (Å²) in [6.07, 6.45) is 0. The maximum Gasteiger partial charge on any atom is 0.374 e. The van der Waals surface area contributed by atoms with E-state index in [1.54, 1.807) is 25.5 Å². The molecule has 1 rings (SSSR count). The third-order valence-corrected chi connectivity index (χ3v) is 2.85. The van der Waals surface area contributed by atoms with Gasteiger partial charge in [-0.2, -0.15) is 0 Å². The van der Waals surface area contributed by atoms with E-state index in [0.29, 0.717) is 5.69 Å². The van der Waals surface area contributed by atoms with Gasteiger partial charge < -0.3 is 19.1 Å². The number of aromatic nitrogens is 2. The molecule has 0 saturated carbocycles. The monoisotopic (exact) mass is 268 g/mol. The van der Waals surface area contributed by atoms with Gasteiger partial charge in [0.15, 0.2) is 11.4 Å². The van der Waals surface area contributed by atoms with Crippen molar-refractivity contribution in [2.75, 3.05) is 14.2 Å². The van der Waals surface area contributed by atoms with Gasteiger partial charge in [-0.05, 0) is 13.8 Å². The van der Waals surface area contributed by atoms with Crippen molar-refractivity contribution in [2.45, 2.75) is 13.8 Å². The summed E-state index contributed by atoms with van der Waals surface area (Å²) in [5, 5.41) is 9.81. The lowest BCUT2D eigenvalue weighted by molar-refractivity contribution is -0.140. The number of hydrogen-bond donors (Lipinski definition) is 1. The predicted molar refractivity (Wildman–Crippen MR) is 66.3 cm³/mol. The van der Waals surface area contributed by atoms with Crippen LogP contribution in [0.15, 0.2) is 5.76 Å². The molecule has 104 valence electrons. The number of rotatable bonds is 3. The fourth-order valence-corrected chi connectivity index (χ4v) is 1.53. The summed E-state index contributed by atoms with van der Waals surface area (Å²) in [6.45, 7) is 3.55. The van der Waals surface area contributed by atoms with E-state index in [-0.39, 0.29) is 11.4 Å². The SMILES string of the molecule is COC(=O)/C(O)=C(\C(=O)OC)c1nc(C)c(C)n1C. The van der Waals surface area contributed by atoms with E-state index in [0.717, 1.165) is 19.9 Å². The molecule has 19 heavy (non-hydrogen) atoms. The first-order chi connectivity index (χ1) is 8.84. The smallest absolute Gasteiger partial charge is 0.374 e.